The topological polar surface area (TPSA) is 61.9 Å². The van der Waals surface area contributed by atoms with Gasteiger partial charge in [-0.1, -0.05) is 0 Å². The van der Waals surface area contributed by atoms with Gasteiger partial charge in [0, 0.05) is 23.2 Å². The van der Waals surface area contributed by atoms with E-state index >= 15 is 0 Å². The van der Waals surface area contributed by atoms with Crippen molar-refractivity contribution in [3.05, 3.63) is 52.8 Å². The third-order valence-corrected chi connectivity index (χ3v) is 3.58. The molecule has 0 aliphatic carbocycles. The minimum absolute atomic E-state index is 0.226. The highest BCUT2D eigenvalue weighted by Crippen LogP contribution is 2.31. The highest BCUT2D eigenvalue weighted by molar-refractivity contribution is 8.00. The Morgan fingerprint density at radius 3 is 2.05 bits per heavy atom. The molecule has 9 heteroatoms. The number of hydrogen-bond acceptors (Lipinski definition) is 4. The van der Waals surface area contributed by atoms with E-state index in [0.29, 0.717) is 11.3 Å². The quantitative estimate of drug-likeness (QED) is 0.197. The van der Waals surface area contributed by atoms with Gasteiger partial charge in [0.15, 0.2) is 23.3 Å². The Kier molecular flexibility index (Phi) is 4.55. The van der Waals surface area contributed by atoms with Crippen molar-refractivity contribution in [1.82, 2.24) is 0 Å². The van der Waals surface area contributed by atoms with Crippen LogP contribution in [-0.4, -0.2) is 6.21 Å². The first-order valence-electron chi connectivity index (χ1n) is 5.71. The average Bonchev–Trinajstić information content (AvgIpc) is 2.52. The third kappa shape index (κ3) is 2.84. The van der Waals surface area contributed by atoms with E-state index in [-0.39, 0.29) is 17.6 Å². The molecule has 0 bridgehead atoms. The first-order chi connectivity index (χ1) is 10.4. The Hall–Kier alpha value is -2.29. The number of hydrogen-bond donors (Lipinski definition) is 3. The molecule has 0 heterocycles. The molecule has 0 aliphatic heterocycles. The molecule has 2 aromatic rings. The van der Waals surface area contributed by atoms with E-state index in [1.54, 1.807) is 0 Å². The van der Waals surface area contributed by atoms with E-state index < -0.39 is 34.0 Å². The summed E-state index contributed by atoms with van der Waals surface area (Å²) in [5.74, 6) is -10.1. The van der Waals surface area contributed by atoms with Crippen LogP contribution in [0.25, 0.3) is 0 Å². The fourth-order valence-corrected chi connectivity index (χ4v) is 2.25. The molecule has 0 atom stereocenters. The second-order valence-corrected chi connectivity index (χ2v) is 4.91. The van der Waals surface area contributed by atoms with E-state index in [4.69, 9.17) is 11.1 Å². The minimum atomic E-state index is -2.21. The lowest BCUT2D eigenvalue weighted by Gasteiger charge is -2.10. The van der Waals surface area contributed by atoms with Crippen LogP contribution < -0.4 is 10.5 Å². The van der Waals surface area contributed by atoms with Gasteiger partial charge in [0.25, 0.3) is 0 Å². The van der Waals surface area contributed by atoms with Crippen molar-refractivity contribution in [2.75, 3.05) is 10.5 Å². The van der Waals surface area contributed by atoms with E-state index in [1.165, 1.54) is 18.2 Å². The van der Waals surface area contributed by atoms with Gasteiger partial charge >= 0.3 is 0 Å². The summed E-state index contributed by atoms with van der Waals surface area (Å²) in [4.78, 5) is -1.05. The highest BCUT2D eigenvalue weighted by atomic mass is 32.2. The number of anilines is 2. The molecule has 116 valence electrons. The Bertz CT molecular complexity index is 722. The van der Waals surface area contributed by atoms with Crippen molar-refractivity contribution >= 4 is 29.5 Å². The molecule has 0 saturated heterocycles. The number of halogens is 5. The Labute approximate surface area is 126 Å². The monoisotopic (exact) mass is 333 g/mol. The Morgan fingerprint density at radius 2 is 1.50 bits per heavy atom. The molecule has 0 spiro atoms. The highest BCUT2D eigenvalue weighted by Gasteiger charge is 2.26. The lowest BCUT2D eigenvalue weighted by molar-refractivity contribution is 0.361. The van der Waals surface area contributed by atoms with Crippen LogP contribution in [0.2, 0.25) is 0 Å². The molecular weight excluding hydrogens is 325 g/mol. The van der Waals surface area contributed by atoms with Gasteiger partial charge < -0.3 is 15.9 Å². The maximum Gasteiger partial charge on any atom is 0.200 e. The minimum Gasteiger partial charge on any atom is -0.398 e. The summed E-state index contributed by atoms with van der Waals surface area (Å²) in [5, 5.41) is 7.13. The fraction of sp³-hybridized carbons (Fsp3) is 0. The summed E-state index contributed by atoms with van der Waals surface area (Å²) in [6.45, 7) is 0. The van der Waals surface area contributed by atoms with Gasteiger partial charge in [-0.15, -0.1) is 0 Å². The van der Waals surface area contributed by atoms with Gasteiger partial charge in [-0.05, 0) is 30.1 Å². The van der Waals surface area contributed by atoms with Gasteiger partial charge in [-0.3, -0.25) is 0 Å². The van der Waals surface area contributed by atoms with Crippen molar-refractivity contribution in [2.45, 2.75) is 4.90 Å². The Balaban J connectivity index is 2.31. The van der Waals surface area contributed by atoms with Crippen LogP contribution in [0.1, 0.15) is 5.56 Å². The summed E-state index contributed by atoms with van der Waals surface area (Å²) >= 11 is 0.226. The molecule has 0 aliphatic rings. The predicted octanol–water partition coefficient (Wildman–Crippen LogP) is 4.08. The zero-order valence-corrected chi connectivity index (χ0v) is 11.5. The predicted molar refractivity (Wildman–Crippen MR) is 74.5 cm³/mol. The van der Waals surface area contributed by atoms with Crippen molar-refractivity contribution in [3.63, 3.8) is 0 Å². The molecule has 4 N–H and O–H groups in total. The standard InChI is InChI=1S/C13H8F5N3S/c14-8-9(15)11(17)13(12(18)10(8)16)22-21-6-1-2-7(20)5(3-6)4-19/h1-4,19,21H,20H2. The molecule has 2 rings (SSSR count). The van der Waals surface area contributed by atoms with Gasteiger partial charge in [-0.2, -0.15) is 0 Å². The van der Waals surface area contributed by atoms with Crippen molar-refractivity contribution in [3.8, 4) is 0 Å². The zero-order valence-electron chi connectivity index (χ0n) is 10.7. The van der Waals surface area contributed by atoms with Gasteiger partial charge in [0.05, 0.1) is 0 Å². The first-order valence-corrected chi connectivity index (χ1v) is 6.52. The molecule has 0 unspecified atom stereocenters. The molecule has 22 heavy (non-hydrogen) atoms. The van der Waals surface area contributed by atoms with E-state index in [2.05, 4.69) is 4.72 Å². The van der Waals surface area contributed by atoms with Crippen LogP contribution in [0.3, 0.4) is 0 Å². The lowest BCUT2D eigenvalue weighted by Crippen LogP contribution is -2.04. The van der Waals surface area contributed by atoms with Crippen LogP contribution in [0.5, 0.6) is 0 Å². The molecular formula is C13H8F5N3S. The summed E-state index contributed by atoms with van der Waals surface area (Å²) in [6.07, 6.45) is 0.962. The fourth-order valence-electron chi connectivity index (χ4n) is 1.55. The maximum absolute atomic E-state index is 13.5. The second kappa shape index (κ2) is 6.22. The van der Waals surface area contributed by atoms with Gasteiger partial charge in [0.1, 0.15) is 4.90 Å². The smallest absolute Gasteiger partial charge is 0.200 e. The number of nitrogens with two attached hydrogens (primary N) is 1. The number of nitrogen functional groups attached to an aromatic ring is 1. The first kappa shape index (κ1) is 16.1. The summed E-state index contributed by atoms with van der Waals surface area (Å²) in [7, 11) is 0. The SMILES string of the molecule is N=Cc1cc(NSc2c(F)c(F)c(F)c(F)c2F)ccc1N. The number of benzene rings is 2. The summed E-state index contributed by atoms with van der Waals surface area (Å²) in [5.41, 5.74) is 6.49. The second-order valence-electron chi connectivity index (χ2n) is 4.09. The Morgan fingerprint density at radius 1 is 0.955 bits per heavy atom. The molecule has 0 fully saturated rings. The van der Waals surface area contributed by atoms with Gasteiger partial charge in [-0.25, -0.2) is 22.0 Å². The van der Waals surface area contributed by atoms with Crippen LogP contribution in [0, 0.1) is 34.5 Å². The van der Waals surface area contributed by atoms with E-state index in [1.807, 2.05) is 0 Å². The molecule has 0 saturated carbocycles. The van der Waals surface area contributed by atoms with Crippen molar-refractivity contribution < 1.29 is 22.0 Å². The van der Waals surface area contributed by atoms with Crippen LogP contribution in [0.15, 0.2) is 23.1 Å². The molecule has 0 amide bonds. The largest absolute Gasteiger partial charge is 0.398 e. The molecule has 3 nitrogen and oxygen atoms in total. The van der Waals surface area contributed by atoms with Crippen molar-refractivity contribution in [1.29, 1.82) is 5.41 Å². The van der Waals surface area contributed by atoms with Crippen molar-refractivity contribution in [2.24, 2.45) is 0 Å². The number of nitrogens with one attached hydrogen (secondary N) is 2. The van der Waals surface area contributed by atoms with Gasteiger partial charge in [0.2, 0.25) is 5.82 Å². The summed E-state index contributed by atoms with van der Waals surface area (Å²) in [6, 6.07) is 4.25. The number of rotatable bonds is 4. The molecule has 2 aromatic carbocycles. The molecule has 0 radical (unpaired) electrons. The van der Waals surface area contributed by atoms with Crippen LogP contribution >= 0.6 is 11.9 Å². The normalized spacial score (nSPS) is 10.6. The van der Waals surface area contributed by atoms with E-state index in [0.717, 1.165) is 6.21 Å². The molecule has 0 aromatic heterocycles. The maximum atomic E-state index is 13.5. The zero-order chi connectivity index (χ0) is 16.4. The summed E-state index contributed by atoms with van der Waals surface area (Å²) < 4.78 is 68.4. The van der Waals surface area contributed by atoms with Crippen LogP contribution in [-0.2, 0) is 0 Å². The lowest BCUT2D eigenvalue weighted by atomic mass is 10.2. The third-order valence-electron chi connectivity index (χ3n) is 2.68. The van der Waals surface area contributed by atoms with E-state index in [9.17, 15) is 22.0 Å². The average molecular weight is 333 g/mol. The van der Waals surface area contributed by atoms with Crippen LogP contribution in [0.4, 0.5) is 33.3 Å².